The zero-order valence-corrected chi connectivity index (χ0v) is 15.5. The molecule has 2 rings (SSSR count). The van der Waals surface area contributed by atoms with E-state index in [1.54, 1.807) is 25.7 Å². The van der Waals surface area contributed by atoms with Gasteiger partial charge in [0.2, 0.25) is 6.54 Å². The van der Waals surface area contributed by atoms with Gasteiger partial charge in [-0.3, -0.25) is 4.90 Å². The van der Waals surface area contributed by atoms with Gasteiger partial charge in [-0.1, -0.05) is 30.3 Å². The van der Waals surface area contributed by atoms with Crippen LogP contribution in [0.2, 0.25) is 0 Å². The summed E-state index contributed by atoms with van der Waals surface area (Å²) in [6, 6.07) is 9.01. The van der Waals surface area contributed by atoms with Crippen LogP contribution in [-0.4, -0.2) is 59.8 Å². The Morgan fingerprint density at radius 3 is 2.50 bits per heavy atom. The van der Waals surface area contributed by atoms with Gasteiger partial charge >= 0.3 is 12.2 Å². The molecule has 1 aliphatic heterocycles. The molecule has 1 saturated heterocycles. The molecular weight excluding hydrogens is 334 g/mol. The second-order valence-corrected chi connectivity index (χ2v) is 7.15. The minimum absolute atomic E-state index is 0.111. The van der Waals surface area contributed by atoms with E-state index in [-0.39, 0.29) is 19.7 Å². The average Bonchev–Trinajstić information content (AvgIpc) is 2.59. The zero-order chi connectivity index (χ0) is 19.2. The summed E-state index contributed by atoms with van der Waals surface area (Å²) in [6.45, 7) is 13.8. The van der Waals surface area contributed by atoms with Gasteiger partial charge in [0.05, 0.1) is 6.54 Å². The molecule has 0 aromatic heterocycles. The Morgan fingerprint density at radius 2 is 1.88 bits per heavy atom. The number of amides is 2. The summed E-state index contributed by atoms with van der Waals surface area (Å²) < 4.78 is 10.7. The van der Waals surface area contributed by atoms with E-state index in [0.717, 1.165) is 5.56 Å². The van der Waals surface area contributed by atoms with E-state index in [1.807, 2.05) is 30.3 Å². The van der Waals surface area contributed by atoms with Gasteiger partial charge in [0.25, 0.3) is 0 Å². The standard InChI is InChI=1S/C19H25N3O4/c1-19(2,3)26-17(23)21-10-11-22(16(13-21)12-20-4)18(24)25-14-15-8-6-5-7-9-15/h5-9,16H,10-14H2,1-3H3/t16-/m0/s1. The molecule has 7 heteroatoms. The van der Waals surface area contributed by atoms with Crippen molar-refractivity contribution in [2.45, 2.75) is 39.0 Å². The van der Waals surface area contributed by atoms with Gasteiger partial charge in [0.15, 0.2) is 0 Å². The first-order valence-electron chi connectivity index (χ1n) is 8.58. The Labute approximate surface area is 154 Å². The molecule has 0 radical (unpaired) electrons. The number of hydrogen-bond donors (Lipinski definition) is 0. The molecular formula is C19H25N3O4. The lowest BCUT2D eigenvalue weighted by molar-refractivity contribution is 0.00301. The number of carbonyl (C=O) groups is 2. The number of carbonyl (C=O) groups excluding carboxylic acids is 2. The fraction of sp³-hybridized carbons (Fsp3) is 0.526. The minimum Gasteiger partial charge on any atom is -0.445 e. The van der Waals surface area contributed by atoms with Crippen molar-refractivity contribution in [3.63, 3.8) is 0 Å². The van der Waals surface area contributed by atoms with Gasteiger partial charge in [0, 0.05) is 13.1 Å². The molecule has 1 aromatic carbocycles. The maximum Gasteiger partial charge on any atom is 0.410 e. The lowest BCUT2D eigenvalue weighted by Gasteiger charge is -2.38. The first-order chi connectivity index (χ1) is 12.3. The maximum atomic E-state index is 12.4. The predicted octanol–water partition coefficient (Wildman–Crippen LogP) is 3.16. The van der Waals surface area contributed by atoms with Crippen molar-refractivity contribution in [2.24, 2.45) is 0 Å². The van der Waals surface area contributed by atoms with E-state index in [9.17, 15) is 9.59 Å². The molecule has 1 aliphatic rings. The van der Waals surface area contributed by atoms with Crippen molar-refractivity contribution < 1.29 is 19.1 Å². The Hall–Kier alpha value is -2.75. The fourth-order valence-corrected chi connectivity index (χ4v) is 2.65. The molecule has 2 amide bonds. The highest BCUT2D eigenvalue weighted by Crippen LogP contribution is 2.17. The average molecular weight is 359 g/mol. The third-order valence-corrected chi connectivity index (χ3v) is 3.88. The molecule has 7 nitrogen and oxygen atoms in total. The van der Waals surface area contributed by atoms with Gasteiger partial charge < -0.3 is 19.2 Å². The SMILES string of the molecule is [C-]#[N+]C[C@H]1CN(C(=O)OC(C)(C)C)CCN1C(=O)OCc1ccccc1. The van der Waals surface area contributed by atoms with E-state index in [2.05, 4.69) is 4.85 Å². The Kier molecular flexibility index (Phi) is 6.45. The van der Waals surface area contributed by atoms with E-state index < -0.39 is 23.8 Å². The molecule has 0 N–H and O–H groups in total. The Morgan fingerprint density at radius 1 is 1.19 bits per heavy atom. The van der Waals surface area contributed by atoms with Crippen LogP contribution < -0.4 is 0 Å². The zero-order valence-electron chi connectivity index (χ0n) is 15.5. The van der Waals surface area contributed by atoms with Gasteiger partial charge in [-0.2, -0.15) is 0 Å². The van der Waals surface area contributed by atoms with Crippen LogP contribution in [0.3, 0.4) is 0 Å². The minimum atomic E-state index is -0.585. The van der Waals surface area contributed by atoms with Crippen LogP contribution in [0.4, 0.5) is 9.59 Å². The number of hydrogen-bond acceptors (Lipinski definition) is 4. The van der Waals surface area contributed by atoms with Crippen molar-refractivity contribution in [3.05, 3.63) is 47.3 Å². The summed E-state index contributed by atoms with van der Waals surface area (Å²) in [6.07, 6.45) is -0.892. The van der Waals surface area contributed by atoms with Crippen LogP contribution in [0, 0.1) is 6.57 Å². The van der Waals surface area contributed by atoms with Crippen molar-refractivity contribution in [2.75, 3.05) is 26.2 Å². The number of piperazine rings is 1. The molecule has 1 atom stereocenters. The highest BCUT2D eigenvalue weighted by atomic mass is 16.6. The van der Waals surface area contributed by atoms with Crippen molar-refractivity contribution in [3.8, 4) is 0 Å². The molecule has 0 bridgehead atoms. The van der Waals surface area contributed by atoms with Gasteiger partial charge in [-0.15, -0.1) is 0 Å². The summed E-state index contributed by atoms with van der Waals surface area (Å²) in [5, 5.41) is 0. The highest BCUT2D eigenvalue weighted by molar-refractivity contribution is 5.71. The largest absolute Gasteiger partial charge is 0.445 e. The van der Waals surface area contributed by atoms with Crippen LogP contribution in [0.5, 0.6) is 0 Å². The molecule has 0 spiro atoms. The molecule has 0 unspecified atom stereocenters. The topological polar surface area (TPSA) is 63.4 Å². The third-order valence-electron chi connectivity index (χ3n) is 3.88. The van der Waals surface area contributed by atoms with Crippen LogP contribution in [0.15, 0.2) is 30.3 Å². The number of ether oxygens (including phenoxy) is 2. The summed E-state index contributed by atoms with van der Waals surface area (Å²) in [7, 11) is 0. The lowest BCUT2D eigenvalue weighted by Crippen LogP contribution is -2.58. The summed E-state index contributed by atoms with van der Waals surface area (Å²) >= 11 is 0. The molecule has 1 fully saturated rings. The van der Waals surface area contributed by atoms with Crippen LogP contribution >= 0.6 is 0 Å². The molecule has 140 valence electrons. The van der Waals surface area contributed by atoms with Crippen molar-refractivity contribution in [1.82, 2.24) is 9.80 Å². The maximum absolute atomic E-state index is 12.4. The number of nitrogens with zero attached hydrogens (tertiary/aromatic N) is 3. The van der Waals surface area contributed by atoms with E-state index >= 15 is 0 Å². The second kappa shape index (κ2) is 8.56. The summed E-state index contributed by atoms with van der Waals surface area (Å²) in [5.74, 6) is 0. The summed E-state index contributed by atoms with van der Waals surface area (Å²) in [5.41, 5.74) is 0.313. The number of rotatable bonds is 3. The Bertz CT molecular complexity index is 664. The van der Waals surface area contributed by atoms with Gasteiger partial charge in [0.1, 0.15) is 18.2 Å². The third kappa shape index (κ3) is 5.66. The Balaban J connectivity index is 1.95. The van der Waals surface area contributed by atoms with Crippen LogP contribution in [-0.2, 0) is 16.1 Å². The first kappa shape index (κ1) is 19.6. The number of benzene rings is 1. The van der Waals surface area contributed by atoms with E-state index in [4.69, 9.17) is 16.0 Å². The molecule has 0 aliphatic carbocycles. The molecule has 1 aromatic rings. The van der Waals surface area contributed by atoms with Crippen LogP contribution in [0.25, 0.3) is 4.85 Å². The predicted molar refractivity (Wildman–Crippen MR) is 96.4 cm³/mol. The van der Waals surface area contributed by atoms with E-state index in [1.165, 1.54) is 4.90 Å². The highest BCUT2D eigenvalue weighted by Gasteiger charge is 2.36. The first-order valence-corrected chi connectivity index (χ1v) is 8.58. The molecule has 1 heterocycles. The lowest BCUT2D eigenvalue weighted by atomic mass is 10.1. The second-order valence-electron chi connectivity index (χ2n) is 7.15. The smallest absolute Gasteiger partial charge is 0.410 e. The van der Waals surface area contributed by atoms with E-state index in [0.29, 0.717) is 13.1 Å². The molecule has 26 heavy (non-hydrogen) atoms. The van der Waals surface area contributed by atoms with Gasteiger partial charge in [-0.25, -0.2) is 16.2 Å². The normalized spacial score (nSPS) is 17.4. The quantitative estimate of drug-likeness (QED) is 0.778. The monoisotopic (exact) mass is 359 g/mol. The van der Waals surface area contributed by atoms with Crippen molar-refractivity contribution >= 4 is 12.2 Å². The molecule has 0 saturated carbocycles. The fourth-order valence-electron chi connectivity index (χ4n) is 2.65. The summed E-state index contributed by atoms with van der Waals surface area (Å²) in [4.78, 5) is 31.1. The van der Waals surface area contributed by atoms with Crippen molar-refractivity contribution in [1.29, 1.82) is 0 Å². The van der Waals surface area contributed by atoms with Crippen LogP contribution in [0.1, 0.15) is 26.3 Å². The van der Waals surface area contributed by atoms with Gasteiger partial charge in [-0.05, 0) is 26.3 Å².